The van der Waals surface area contributed by atoms with Gasteiger partial charge in [-0.1, -0.05) is 17.7 Å². The summed E-state index contributed by atoms with van der Waals surface area (Å²) in [7, 11) is 1.77. The van der Waals surface area contributed by atoms with Gasteiger partial charge in [-0.2, -0.15) is 0 Å². The highest BCUT2D eigenvalue weighted by Gasteiger charge is 2.09. The number of likely N-dealkylation sites (N-methyl/N-ethyl adjacent to an activating group) is 1. The SMILES string of the molecule is Cc1ccc(OCC(=O)N(C)CCCN)c(C)c1. The predicted molar refractivity (Wildman–Crippen MR) is 72.7 cm³/mol. The van der Waals surface area contributed by atoms with Gasteiger partial charge in [0.2, 0.25) is 0 Å². The van der Waals surface area contributed by atoms with Gasteiger partial charge in [-0.3, -0.25) is 4.79 Å². The summed E-state index contributed by atoms with van der Waals surface area (Å²) in [6.45, 7) is 5.35. The number of hydrogen-bond donors (Lipinski definition) is 1. The van der Waals surface area contributed by atoms with Crippen LogP contribution in [-0.4, -0.2) is 37.6 Å². The Bertz CT molecular complexity index is 405. The van der Waals surface area contributed by atoms with E-state index in [1.807, 2.05) is 32.0 Å². The molecular formula is C14H22N2O2. The summed E-state index contributed by atoms with van der Waals surface area (Å²) >= 11 is 0. The van der Waals surface area contributed by atoms with Gasteiger partial charge in [-0.15, -0.1) is 0 Å². The van der Waals surface area contributed by atoms with Crippen molar-refractivity contribution in [3.63, 3.8) is 0 Å². The molecule has 0 radical (unpaired) electrons. The minimum Gasteiger partial charge on any atom is -0.484 e. The van der Waals surface area contributed by atoms with Crippen molar-refractivity contribution in [3.05, 3.63) is 29.3 Å². The van der Waals surface area contributed by atoms with Crippen LogP contribution in [0.4, 0.5) is 0 Å². The molecule has 0 aliphatic carbocycles. The van der Waals surface area contributed by atoms with Crippen LogP contribution in [0.1, 0.15) is 17.5 Å². The van der Waals surface area contributed by atoms with Gasteiger partial charge in [-0.05, 0) is 38.4 Å². The summed E-state index contributed by atoms with van der Waals surface area (Å²) in [4.78, 5) is 13.4. The molecule has 1 rings (SSSR count). The van der Waals surface area contributed by atoms with Crippen LogP contribution in [-0.2, 0) is 4.79 Å². The standard InChI is InChI=1S/C14H22N2O2/c1-11-5-6-13(12(2)9-11)18-10-14(17)16(3)8-4-7-15/h5-6,9H,4,7-8,10,15H2,1-3H3. The van der Waals surface area contributed by atoms with Crippen molar-refractivity contribution >= 4 is 5.91 Å². The summed E-state index contributed by atoms with van der Waals surface area (Å²) in [5, 5.41) is 0. The Morgan fingerprint density at radius 2 is 2.11 bits per heavy atom. The zero-order chi connectivity index (χ0) is 13.5. The number of ether oxygens (including phenoxy) is 1. The van der Waals surface area contributed by atoms with E-state index >= 15 is 0 Å². The second-order valence-electron chi connectivity index (χ2n) is 4.52. The molecule has 0 heterocycles. The molecule has 0 fully saturated rings. The first-order valence-electron chi connectivity index (χ1n) is 6.18. The molecule has 100 valence electrons. The number of aryl methyl sites for hydroxylation is 2. The molecule has 0 unspecified atom stereocenters. The van der Waals surface area contributed by atoms with Crippen molar-refractivity contribution in [2.75, 3.05) is 26.7 Å². The lowest BCUT2D eigenvalue weighted by Crippen LogP contribution is -2.33. The zero-order valence-electron chi connectivity index (χ0n) is 11.4. The first-order chi connectivity index (χ1) is 8.54. The van der Waals surface area contributed by atoms with Crippen molar-refractivity contribution in [3.8, 4) is 5.75 Å². The van der Waals surface area contributed by atoms with Gasteiger partial charge < -0.3 is 15.4 Å². The zero-order valence-corrected chi connectivity index (χ0v) is 11.4. The lowest BCUT2D eigenvalue weighted by molar-refractivity contribution is -0.132. The molecule has 18 heavy (non-hydrogen) atoms. The second-order valence-corrected chi connectivity index (χ2v) is 4.52. The molecule has 0 saturated heterocycles. The summed E-state index contributed by atoms with van der Waals surface area (Å²) in [5.41, 5.74) is 7.64. The number of nitrogens with two attached hydrogens (primary N) is 1. The Hall–Kier alpha value is -1.55. The third-order valence-corrected chi connectivity index (χ3v) is 2.80. The maximum absolute atomic E-state index is 11.8. The van der Waals surface area contributed by atoms with Crippen LogP contribution in [0.25, 0.3) is 0 Å². The number of nitrogens with zero attached hydrogens (tertiary/aromatic N) is 1. The molecule has 0 aliphatic rings. The number of amides is 1. The lowest BCUT2D eigenvalue weighted by Gasteiger charge is -2.17. The highest BCUT2D eigenvalue weighted by molar-refractivity contribution is 5.77. The Morgan fingerprint density at radius 3 is 2.72 bits per heavy atom. The third-order valence-electron chi connectivity index (χ3n) is 2.80. The molecule has 0 spiro atoms. The number of carbonyl (C=O) groups excluding carboxylic acids is 1. The summed E-state index contributed by atoms with van der Waals surface area (Å²) in [6, 6.07) is 5.92. The minimum atomic E-state index is -0.0246. The van der Waals surface area contributed by atoms with Crippen LogP contribution in [0.2, 0.25) is 0 Å². The van der Waals surface area contributed by atoms with E-state index in [1.54, 1.807) is 11.9 Å². The molecule has 0 aromatic heterocycles. The largest absolute Gasteiger partial charge is 0.484 e. The van der Waals surface area contributed by atoms with E-state index in [1.165, 1.54) is 5.56 Å². The van der Waals surface area contributed by atoms with E-state index in [4.69, 9.17) is 10.5 Å². The lowest BCUT2D eigenvalue weighted by atomic mass is 10.1. The topological polar surface area (TPSA) is 55.6 Å². The fourth-order valence-electron chi connectivity index (χ4n) is 1.66. The average Bonchev–Trinajstić information content (AvgIpc) is 2.34. The van der Waals surface area contributed by atoms with Gasteiger partial charge >= 0.3 is 0 Å². The monoisotopic (exact) mass is 250 g/mol. The highest BCUT2D eigenvalue weighted by Crippen LogP contribution is 2.18. The van der Waals surface area contributed by atoms with Crippen molar-refractivity contribution < 1.29 is 9.53 Å². The van der Waals surface area contributed by atoms with E-state index in [9.17, 15) is 4.79 Å². The summed E-state index contributed by atoms with van der Waals surface area (Å²) < 4.78 is 5.53. The van der Waals surface area contributed by atoms with Crippen molar-refractivity contribution in [1.82, 2.24) is 4.90 Å². The molecule has 4 nitrogen and oxygen atoms in total. The number of benzene rings is 1. The van der Waals surface area contributed by atoms with Crippen molar-refractivity contribution in [2.24, 2.45) is 5.73 Å². The number of hydrogen-bond acceptors (Lipinski definition) is 3. The van der Waals surface area contributed by atoms with Crippen LogP contribution >= 0.6 is 0 Å². The van der Waals surface area contributed by atoms with Gasteiger partial charge in [0.15, 0.2) is 6.61 Å². The van der Waals surface area contributed by atoms with Gasteiger partial charge in [0.1, 0.15) is 5.75 Å². The normalized spacial score (nSPS) is 10.2. The number of carbonyl (C=O) groups is 1. The van der Waals surface area contributed by atoms with Gasteiger partial charge in [0.05, 0.1) is 0 Å². The summed E-state index contributed by atoms with van der Waals surface area (Å²) in [6.07, 6.45) is 0.811. The van der Waals surface area contributed by atoms with Crippen LogP contribution in [0.3, 0.4) is 0 Å². The van der Waals surface area contributed by atoms with E-state index < -0.39 is 0 Å². The maximum Gasteiger partial charge on any atom is 0.260 e. The molecule has 0 bridgehead atoms. The third kappa shape index (κ3) is 4.37. The van der Waals surface area contributed by atoms with Crippen LogP contribution in [0, 0.1) is 13.8 Å². The van der Waals surface area contributed by atoms with Gasteiger partial charge in [0.25, 0.3) is 5.91 Å². The fourth-order valence-corrected chi connectivity index (χ4v) is 1.66. The van der Waals surface area contributed by atoms with Crippen molar-refractivity contribution in [1.29, 1.82) is 0 Å². The molecule has 0 aliphatic heterocycles. The molecule has 1 aromatic carbocycles. The van der Waals surface area contributed by atoms with E-state index in [0.717, 1.165) is 17.7 Å². The molecule has 0 saturated carbocycles. The number of rotatable bonds is 6. The second kappa shape index (κ2) is 7.01. The molecule has 2 N–H and O–H groups in total. The Kier molecular flexibility index (Phi) is 5.65. The first kappa shape index (κ1) is 14.5. The van der Waals surface area contributed by atoms with Gasteiger partial charge in [0, 0.05) is 13.6 Å². The molecule has 1 amide bonds. The van der Waals surface area contributed by atoms with Crippen molar-refractivity contribution in [2.45, 2.75) is 20.3 Å². The Morgan fingerprint density at radius 1 is 1.39 bits per heavy atom. The molecular weight excluding hydrogens is 228 g/mol. The highest BCUT2D eigenvalue weighted by atomic mass is 16.5. The van der Waals surface area contributed by atoms with Gasteiger partial charge in [-0.25, -0.2) is 0 Å². The maximum atomic E-state index is 11.8. The molecule has 1 aromatic rings. The predicted octanol–water partition coefficient (Wildman–Crippen LogP) is 1.49. The first-order valence-corrected chi connectivity index (χ1v) is 6.18. The van der Waals surface area contributed by atoms with Crippen LogP contribution in [0.5, 0.6) is 5.75 Å². The molecule has 0 atom stereocenters. The summed E-state index contributed by atoms with van der Waals surface area (Å²) in [5.74, 6) is 0.740. The Labute approximate surface area is 109 Å². The van der Waals surface area contributed by atoms with E-state index in [-0.39, 0.29) is 12.5 Å². The van der Waals surface area contributed by atoms with E-state index in [0.29, 0.717) is 13.1 Å². The molecule has 4 heteroatoms. The van der Waals surface area contributed by atoms with Crippen LogP contribution < -0.4 is 10.5 Å². The fraction of sp³-hybridized carbons (Fsp3) is 0.500. The quantitative estimate of drug-likeness (QED) is 0.832. The minimum absolute atomic E-state index is 0.0246. The Balaban J connectivity index is 2.47. The smallest absolute Gasteiger partial charge is 0.260 e. The van der Waals surface area contributed by atoms with E-state index in [2.05, 4.69) is 0 Å². The van der Waals surface area contributed by atoms with Crippen LogP contribution in [0.15, 0.2) is 18.2 Å². The average molecular weight is 250 g/mol.